The van der Waals surface area contributed by atoms with Crippen molar-refractivity contribution in [3.05, 3.63) is 93.4 Å². The Kier molecular flexibility index (Phi) is 3.81. The number of fused-ring (bicyclic) bond motifs is 5. The third-order valence-electron chi connectivity index (χ3n) is 4.78. The Morgan fingerprint density at radius 3 is 2.48 bits per heavy atom. The number of hydrogen-bond acceptors (Lipinski definition) is 2. The van der Waals surface area contributed by atoms with Gasteiger partial charge < -0.3 is 4.42 Å². The van der Waals surface area contributed by atoms with Crippen LogP contribution in [0.4, 0.5) is 0 Å². The van der Waals surface area contributed by atoms with Crippen LogP contribution < -0.4 is 0 Å². The van der Waals surface area contributed by atoms with E-state index in [0.717, 1.165) is 31.6 Å². The molecule has 0 atom stereocenters. The van der Waals surface area contributed by atoms with Gasteiger partial charge in [0.05, 0.1) is 5.56 Å². The van der Waals surface area contributed by atoms with Crippen molar-refractivity contribution < 1.29 is 9.21 Å². The first-order valence-corrected chi connectivity index (χ1v) is 9.63. The van der Waals surface area contributed by atoms with Gasteiger partial charge in [-0.3, -0.25) is 4.79 Å². The van der Waals surface area contributed by atoms with Crippen molar-refractivity contribution in [1.82, 2.24) is 0 Å². The van der Waals surface area contributed by atoms with Crippen LogP contribution in [-0.4, -0.2) is 5.78 Å². The van der Waals surface area contributed by atoms with Crippen molar-refractivity contribution in [2.45, 2.75) is 0 Å². The third-order valence-corrected chi connectivity index (χ3v) is 5.52. The summed E-state index contributed by atoms with van der Waals surface area (Å²) < 4.78 is 7.12. The first-order valence-electron chi connectivity index (χ1n) is 8.45. The molecule has 0 saturated carbocycles. The fourth-order valence-electron chi connectivity index (χ4n) is 3.52. The minimum atomic E-state index is -0.0828. The van der Waals surface area contributed by atoms with Crippen molar-refractivity contribution in [3.63, 3.8) is 0 Å². The zero-order valence-corrected chi connectivity index (χ0v) is 16.3. The molecule has 1 heterocycles. The van der Waals surface area contributed by atoms with Crippen LogP contribution in [0.3, 0.4) is 0 Å². The molecule has 0 aliphatic rings. The SMILES string of the molecule is O=C(c1ccc(Cl)cc1)c1cc2ccc(Br)cc2c2c1oc1ccccc12. The fourth-order valence-corrected chi connectivity index (χ4v) is 4.01. The normalized spacial score (nSPS) is 11.5. The lowest BCUT2D eigenvalue weighted by Gasteiger charge is -2.07. The first kappa shape index (κ1) is 16.5. The Morgan fingerprint density at radius 1 is 0.889 bits per heavy atom. The van der Waals surface area contributed by atoms with E-state index in [-0.39, 0.29) is 5.78 Å². The maximum absolute atomic E-state index is 13.2. The summed E-state index contributed by atoms with van der Waals surface area (Å²) in [6.07, 6.45) is 0. The molecule has 5 rings (SSSR count). The molecular weight excluding hydrogens is 424 g/mol. The van der Waals surface area contributed by atoms with Gasteiger partial charge in [0.25, 0.3) is 0 Å². The van der Waals surface area contributed by atoms with Gasteiger partial charge in [0, 0.05) is 25.8 Å². The van der Waals surface area contributed by atoms with Crippen molar-refractivity contribution in [1.29, 1.82) is 0 Å². The van der Waals surface area contributed by atoms with Gasteiger partial charge in [0.15, 0.2) is 5.78 Å². The van der Waals surface area contributed by atoms with E-state index in [2.05, 4.69) is 22.0 Å². The molecule has 27 heavy (non-hydrogen) atoms. The Hall–Kier alpha value is -2.62. The minimum absolute atomic E-state index is 0.0828. The smallest absolute Gasteiger partial charge is 0.196 e. The molecule has 130 valence electrons. The number of ketones is 1. The van der Waals surface area contributed by atoms with E-state index in [1.165, 1.54) is 0 Å². The summed E-state index contributed by atoms with van der Waals surface area (Å²) in [4.78, 5) is 13.2. The molecule has 1 aromatic heterocycles. The number of rotatable bonds is 2. The van der Waals surface area contributed by atoms with E-state index < -0.39 is 0 Å². The summed E-state index contributed by atoms with van der Waals surface area (Å²) in [5.41, 5.74) is 2.52. The van der Waals surface area contributed by atoms with Gasteiger partial charge in [-0.25, -0.2) is 0 Å². The standard InChI is InChI=1S/C23H12BrClO2/c24-15-8-5-14-11-19(22(26)13-6-9-16(25)10-7-13)23-21(18(14)12-15)17-3-1-2-4-20(17)27-23/h1-12H. The van der Waals surface area contributed by atoms with Crippen LogP contribution in [0.5, 0.6) is 0 Å². The quantitative estimate of drug-likeness (QED) is 0.271. The highest BCUT2D eigenvalue weighted by Crippen LogP contribution is 2.38. The number of halogens is 2. The van der Waals surface area contributed by atoms with Crippen molar-refractivity contribution in [2.24, 2.45) is 0 Å². The molecule has 0 unspecified atom stereocenters. The lowest BCUT2D eigenvalue weighted by molar-refractivity contribution is 0.103. The summed E-state index contributed by atoms with van der Waals surface area (Å²) in [5.74, 6) is -0.0828. The monoisotopic (exact) mass is 434 g/mol. The molecule has 0 N–H and O–H groups in total. The number of carbonyl (C=O) groups is 1. The summed E-state index contributed by atoms with van der Waals surface area (Å²) in [7, 11) is 0. The van der Waals surface area contributed by atoms with Crippen molar-refractivity contribution in [2.75, 3.05) is 0 Å². The number of para-hydroxylation sites is 1. The number of benzene rings is 4. The highest BCUT2D eigenvalue weighted by molar-refractivity contribution is 9.10. The molecule has 0 aliphatic carbocycles. The van der Waals surface area contributed by atoms with Gasteiger partial charge >= 0.3 is 0 Å². The lowest BCUT2D eigenvalue weighted by Crippen LogP contribution is -2.01. The largest absolute Gasteiger partial charge is 0.455 e. The van der Waals surface area contributed by atoms with Gasteiger partial charge in [-0.1, -0.05) is 51.8 Å². The van der Waals surface area contributed by atoms with E-state index in [0.29, 0.717) is 21.7 Å². The van der Waals surface area contributed by atoms with Crippen LogP contribution in [0.15, 0.2) is 81.7 Å². The van der Waals surface area contributed by atoms with Crippen LogP contribution >= 0.6 is 27.5 Å². The predicted molar refractivity (Wildman–Crippen MR) is 114 cm³/mol. The minimum Gasteiger partial charge on any atom is -0.455 e. The maximum atomic E-state index is 13.2. The lowest BCUT2D eigenvalue weighted by atomic mass is 9.96. The second-order valence-electron chi connectivity index (χ2n) is 6.43. The third kappa shape index (κ3) is 2.66. The van der Waals surface area contributed by atoms with Gasteiger partial charge in [-0.05, 0) is 59.3 Å². The van der Waals surface area contributed by atoms with Crippen LogP contribution in [0.25, 0.3) is 32.7 Å². The zero-order chi connectivity index (χ0) is 18.5. The topological polar surface area (TPSA) is 30.2 Å². The first-order chi connectivity index (χ1) is 13.1. The summed E-state index contributed by atoms with van der Waals surface area (Å²) in [6.45, 7) is 0. The second-order valence-corrected chi connectivity index (χ2v) is 7.78. The van der Waals surface area contributed by atoms with Gasteiger partial charge in [-0.15, -0.1) is 0 Å². The molecule has 0 amide bonds. The molecule has 5 aromatic rings. The van der Waals surface area contributed by atoms with Crippen LogP contribution in [-0.2, 0) is 0 Å². The van der Waals surface area contributed by atoms with Gasteiger partial charge in [0.1, 0.15) is 11.2 Å². The molecule has 0 spiro atoms. The number of furan rings is 1. The Bertz CT molecular complexity index is 1350. The van der Waals surface area contributed by atoms with E-state index in [1.54, 1.807) is 24.3 Å². The van der Waals surface area contributed by atoms with E-state index >= 15 is 0 Å². The Balaban J connectivity index is 1.90. The van der Waals surface area contributed by atoms with Crippen molar-refractivity contribution in [3.8, 4) is 0 Å². The number of carbonyl (C=O) groups excluding carboxylic acids is 1. The number of hydrogen-bond donors (Lipinski definition) is 0. The summed E-state index contributed by atoms with van der Waals surface area (Å²) in [5, 5.41) is 4.61. The molecule has 0 bridgehead atoms. The van der Waals surface area contributed by atoms with Gasteiger partial charge in [0.2, 0.25) is 0 Å². The van der Waals surface area contributed by atoms with Crippen LogP contribution in [0.1, 0.15) is 15.9 Å². The Labute approximate surface area is 168 Å². The summed E-state index contributed by atoms with van der Waals surface area (Å²) >= 11 is 9.52. The molecule has 0 saturated heterocycles. The molecule has 2 nitrogen and oxygen atoms in total. The average Bonchev–Trinajstić information content (AvgIpc) is 3.07. The highest BCUT2D eigenvalue weighted by atomic mass is 79.9. The average molecular weight is 436 g/mol. The zero-order valence-electron chi connectivity index (χ0n) is 14.0. The Morgan fingerprint density at radius 2 is 1.67 bits per heavy atom. The molecular formula is C23H12BrClO2. The fraction of sp³-hybridized carbons (Fsp3) is 0. The predicted octanol–water partition coefficient (Wildman–Crippen LogP) is 7.39. The molecule has 0 fully saturated rings. The molecule has 0 radical (unpaired) electrons. The second kappa shape index (κ2) is 6.22. The maximum Gasteiger partial charge on any atom is 0.196 e. The van der Waals surface area contributed by atoms with E-state index in [4.69, 9.17) is 16.0 Å². The van der Waals surface area contributed by atoms with Gasteiger partial charge in [-0.2, -0.15) is 0 Å². The summed E-state index contributed by atoms with van der Waals surface area (Å²) in [6, 6.07) is 22.8. The molecule has 0 aliphatic heterocycles. The highest BCUT2D eigenvalue weighted by Gasteiger charge is 2.20. The van der Waals surface area contributed by atoms with Crippen LogP contribution in [0.2, 0.25) is 5.02 Å². The molecule has 4 heteroatoms. The van der Waals surface area contributed by atoms with Crippen LogP contribution in [0, 0.1) is 0 Å². The van der Waals surface area contributed by atoms with Crippen molar-refractivity contribution >= 4 is 66.0 Å². The van der Waals surface area contributed by atoms with E-state index in [1.807, 2.05) is 42.5 Å². The van der Waals surface area contributed by atoms with E-state index in [9.17, 15) is 4.79 Å². The molecule has 4 aromatic carbocycles.